The Morgan fingerprint density at radius 1 is 1.17 bits per heavy atom. The molecule has 0 saturated carbocycles. The Morgan fingerprint density at radius 2 is 1.96 bits per heavy atom. The second-order valence-electron chi connectivity index (χ2n) is 5.50. The molecule has 0 unspecified atom stereocenters. The normalized spacial score (nSPS) is 10.6. The van der Waals surface area contributed by atoms with Gasteiger partial charge in [-0.05, 0) is 34.5 Å². The van der Waals surface area contributed by atoms with Gasteiger partial charge in [-0.1, -0.05) is 30.3 Å². The lowest BCUT2D eigenvalue weighted by Gasteiger charge is -2.18. The first kappa shape index (κ1) is 15.8. The third kappa shape index (κ3) is 3.47. The average Bonchev–Trinajstić information content (AvgIpc) is 3.16. The van der Waals surface area contributed by atoms with Crippen LogP contribution in [0.5, 0.6) is 0 Å². The lowest BCUT2D eigenvalue weighted by Crippen LogP contribution is -2.26. The van der Waals surface area contributed by atoms with Crippen LogP contribution in [0.3, 0.4) is 0 Å². The molecule has 7 nitrogen and oxygen atoms in total. The molecular weight excluding hydrogens is 304 g/mol. The Hall–Kier alpha value is -3.06. The van der Waals surface area contributed by atoms with E-state index in [0.717, 1.165) is 16.7 Å². The average molecular weight is 322 g/mol. The third-order valence-electron chi connectivity index (χ3n) is 3.73. The molecule has 1 amide bonds. The minimum absolute atomic E-state index is 0.0384. The number of H-pyrrole nitrogens is 1. The van der Waals surface area contributed by atoms with Crippen LogP contribution in [-0.2, 0) is 13.1 Å². The molecule has 0 aliphatic heterocycles. The Bertz CT molecular complexity index is 813. The number of nitrogens with two attached hydrogens (primary N) is 1. The van der Waals surface area contributed by atoms with Crippen molar-refractivity contribution >= 4 is 5.91 Å². The summed E-state index contributed by atoms with van der Waals surface area (Å²) in [5.41, 5.74) is 9.07. The molecule has 0 fully saturated rings. The van der Waals surface area contributed by atoms with Crippen LogP contribution in [-0.4, -0.2) is 38.5 Å². The Kier molecular flexibility index (Phi) is 4.62. The van der Waals surface area contributed by atoms with Gasteiger partial charge in [0.25, 0.3) is 5.91 Å². The molecule has 24 heavy (non-hydrogen) atoms. The molecule has 0 radical (unpaired) electrons. The van der Waals surface area contributed by atoms with Crippen LogP contribution in [0.25, 0.3) is 11.4 Å². The number of nitrogens with one attached hydrogen (secondary N) is 1. The highest BCUT2D eigenvalue weighted by Gasteiger charge is 2.13. The first-order chi connectivity index (χ1) is 11.7. The maximum absolute atomic E-state index is 12.5. The molecule has 1 heterocycles. The van der Waals surface area contributed by atoms with Gasteiger partial charge in [-0.25, -0.2) is 0 Å². The standard InChI is InChI=1S/C17H18N6O/c1-23(17(24)14-7-5-12(10-18)6-8-14)11-13-3-2-4-15(9-13)16-19-21-22-20-16/h2-9H,10-11,18H2,1H3,(H,19,20,21,22). The van der Waals surface area contributed by atoms with E-state index in [1.54, 1.807) is 24.1 Å². The summed E-state index contributed by atoms with van der Waals surface area (Å²) in [5, 5.41) is 13.9. The second-order valence-corrected chi connectivity index (χ2v) is 5.50. The van der Waals surface area contributed by atoms with Crippen molar-refractivity contribution in [3.05, 3.63) is 65.2 Å². The minimum Gasteiger partial charge on any atom is -0.337 e. The largest absolute Gasteiger partial charge is 0.337 e. The number of nitrogens with zero attached hydrogens (tertiary/aromatic N) is 4. The van der Waals surface area contributed by atoms with Crippen LogP contribution >= 0.6 is 0 Å². The van der Waals surface area contributed by atoms with E-state index in [0.29, 0.717) is 24.5 Å². The quantitative estimate of drug-likeness (QED) is 0.743. The molecule has 0 aliphatic carbocycles. The summed E-state index contributed by atoms with van der Waals surface area (Å²) in [4.78, 5) is 14.2. The molecule has 3 aromatic rings. The molecule has 0 saturated heterocycles. The van der Waals surface area contributed by atoms with Crippen molar-refractivity contribution in [1.29, 1.82) is 0 Å². The minimum atomic E-state index is -0.0384. The predicted molar refractivity (Wildman–Crippen MR) is 89.7 cm³/mol. The number of hydrogen-bond donors (Lipinski definition) is 2. The molecule has 3 N–H and O–H groups in total. The van der Waals surface area contributed by atoms with E-state index in [1.807, 2.05) is 36.4 Å². The fourth-order valence-electron chi connectivity index (χ4n) is 2.44. The Labute approximate surface area is 139 Å². The highest BCUT2D eigenvalue weighted by molar-refractivity contribution is 5.94. The van der Waals surface area contributed by atoms with E-state index in [-0.39, 0.29) is 5.91 Å². The predicted octanol–water partition coefficient (Wildman–Crippen LogP) is 1.60. The van der Waals surface area contributed by atoms with Crippen molar-refractivity contribution < 1.29 is 4.79 Å². The lowest BCUT2D eigenvalue weighted by atomic mass is 10.1. The van der Waals surface area contributed by atoms with Crippen LogP contribution in [0.1, 0.15) is 21.5 Å². The van der Waals surface area contributed by atoms with Crippen LogP contribution in [0.15, 0.2) is 48.5 Å². The van der Waals surface area contributed by atoms with Gasteiger partial charge in [0.1, 0.15) is 0 Å². The number of rotatable bonds is 5. The van der Waals surface area contributed by atoms with E-state index in [2.05, 4.69) is 20.6 Å². The van der Waals surface area contributed by atoms with Crippen molar-refractivity contribution in [2.45, 2.75) is 13.1 Å². The van der Waals surface area contributed by atoms with Gasteiger partial charge in [0.05, 0.1) is 0 Å². The van der Waals surface area contributed by atoms with E-state index < -0.39 is 0 Å². The first-order valence-electron chi connectivity index (χ1n) is 7.54. The molecule has 122 valence electrons. The van der Waals surface area contributed by atoms with Gasteiger partial charge in [-0.3, -0.25) is 4.79 Å². The number of hydrogen-bond acceptors (Lipinski definition) is 5. The topological polar surface area (TPSA) is 101 Å². The number of carbonyl (C=O) groups excluding carboxylic acids is 1. The fraction of sp³-hybridized carbons (Fsp3) is 0.176. The number of tetrazole rings is 1. The Morgan fingerprint density at radius 3 is 2.62 bits per heavy atom. The highest BCUT2D eigenvalue weighted by Crippen LogP contribution is 2.17. The van der Waals surface area contributed by atoms with Crippen LogP contribution in [0, 0.1) is 0 Å². The van der Waals surface area contributed by atoms with E-state index in [1.165, 1.54) is 0 Å². The fourth-order valence-corrected chi connectivity index (χ4v) is 2.44. The summed E-state index contributed by atoms with van der Waals surface area (Å²) in [7, 11) is 1.78. The summed E-state index contributed by atoms with van der Waals surface area (Å²) in [6.07, 6.45) is 0. The molecule has 2 aromatic carbocycles. The maximum atomic E-state index is 12.5. The van der Waals surface area contributed by atoms with Gasteiger partial charge in [-0.2, -0.15) is 5.21 Å². The zero-order valence-electron chi connectivity index (χ0n) is 13.3. The summed E-state index contributed by atoms with van der Waals surface area (Å²) in [6.45, 7) is 0.955. The lowest BCUT2D eigenvalue weighted by molar-refractivity contribution is 0.0785. The van der Waals surface area contributed by atoms with Crippen molar-refractivity contribution in [3.63, 3.8) is 0 Å². The smallest absolute Gasteiger partial charge is 0.253 e. The number of aromatic nitrogens is 4. The zero-order chi connectivity index (χ0) is 16.9. The van der Waals surface area contributed by atoms with Crippen molar-refractivity contribution in [2.75, 3.05) is 7.05 Å². The highest BCUT2D eigenvalue weighted by atomic mass is 16.2. The molecule has 0 aliphatic rings. The molecule has 3 rings (SSSR count). The number of benzene rings is 2. The van der Waals surface area contributed by atoms with Crippen LogP contribution < -0.4 is 5.73 Å². The molecule has 0 spiro atoms. The number of carbonyl (C=O) groups is 1. The summed E-state index contributed by atoms with van der Waals surface area (Å²) >= 11 is 0. The second kappa shape index (κ2) is 7.01. The number of amides is 1. The van der Waals surface area contributed by atoms with Crippen molar-refractivity contribution in [3.8, 4) is 11.4 Å². The van der Waals surface area contributed by atoms with Crippen LogP contribution in [0.4, 0.5) is 0 Å². The Balaban J connectivity index is 1.73. The summed E-state index contributed by atoms with van der Waals surface area (Å²) in [5.74, 6) is 0.492. The van der Waals surface area contributed by atoms with Crippen LogP contribution in [0.2, 0.25) is 0 Å². The molecule has 7 heteroatoms. The summed E-state index contributed by atoms with van der Waals surface area (Å²) < 4.78 is 0. The van der Waals surface area contributed by atoms with Gasteiger partial charge < -0.3 is 10.6 Å². The maximum Gasteiger partial charge on any atom is 0.253 e. The van der Waals surface area contributed by atoms with E-state index in [4.69, 9.17) is 5.73 Å². The summed E-state index contributed by atoms with van der Waals surface area (Å²) in [6, 6.07) is 15.1. The SMILES string of the molecule is CN(Cc1cccc(-c2nn[nH]n2)c1)C(=O)c1ccc(CN)cc1. The molecular formula is C17H18N6O. The third-order valence-corrected chi connectivity index (χ3v) is 3.73. The molecule has 1 aromatic heterocycles. The van der Waals surface area contributed by atoms with Gasteiger partial charge in [0.2, 0.25) is 5.82 Å². The monoisotopic (exact) mass is 322 g/mol. The van der Waals surface area contributed by atoms with E-state index >= 15 is 0 Å². The molecule has 0 bridgehead atoms. The first-order valence-corrected chi connectivity index (χ1v) is 7.54. The molecule has 0 atom stereocenters. The van der Waals surface area contributed by atoms with Gasteiger partial charge in [-0.15, -0.1) is 10.2 Å². The van der Waals surface area contributed by atoms with E-state index in [9.17, 15) is 4.79 Å². The zero-order valence-corrected chi connectivity index (χ0v) is 13.3. The van der Waals surface area contributed by atoms with Gasteiger partial charge in [0, 0.05) is 31.3 Å². The van der Waals surface area contributed by atoms with Crippen molar-refractivity contribution in [1.82, 2.24) is 25.5 Å². The van der Waals surface area contributed by atoms with Crippen molar-refractivity contribution in [2.24, 2.45) is 5.73 Å². The van der Waals surface area contributed by atoms with Gasteiger partial charge in [0.15, 0.2) is 0 Å². The number of aromatic amines is 1. The van der Waals surface area contributed by atoms with Gasteiger partial charge >= 0.3 is 0 Å².